The minimum Gasteiger partial charge on any atom is -0.385 e. The third-order valence-corrected chi connectivity index (χ3v) is 1.90. The minimum absolute atomic E-state index is 0.247. The first-order chi connectivity index (χ1) is 6.50. The lowest BCUT2D eigenvalue weighted by atomic mass is 10.1. The number of hydrogen-bond donors (Lipinski definition) is 4. The largest absolute Gasteiger partial charge is 0.385 e. The summed E-state index contributed by atoms with van der Waals surface area (Å²) in [5.74, 6) is -0.824. The summed E-state index contributed by atoms with van der Waals surface area (Å²) in [5, 5.41) is 14.8. The average molecular weight is 199 g/mol. The van der Waals surface area contributed by atoms with Crippen molar-refractivity contribution in [2.24, 2.45) is 5.73 Å². The number of aliphatic hydroxyl groups excluding tert-OH is 1. The molecule has 0 aromatic rings. The number of nitrogens with one attached hydrogen (secondary N) is 2. The molecule has 0 aliphatic carbocycles. The van der Waals surface area contributed by atoms with Crippen LogP contribution in [0.5, 0.6) is 0 Å². The highest BCUT2D eigenvalue weighted by atomic mass is 16.3. The van der Waals surface area contributed by atoms with E-state index in [2.05, 4.69) is 10.6 Å². The normalized spacial score (nSPS) is 26.6. The Hall–Kier alpha value is -1.40. The Kier molecular flexibility index (Phi) is 3.21. The molecule has 1 rings (SSSR count). The molecule has 0 saturated heterocycles. The topological polar surface area (TPSA) is 104 Å². The molecule has 1 aliphatic rings. The summed E-state index contributed by atoms with van der Waals surface area (Å²) in [6.45, 7) is 1.60. The van der Waals surface area contributed by atoms with E-state index >= 15 is 0 Å². The van der Waals surface area contributed by atoms with E-state index in [0.29, 0.717) is 5.57 Å². The maximum Gasteiger partial charge on any atom is 0.245 e. The van der Waals surface area contributed by atoms with Gasteiger partial charge in [-0.15, -0.1) is 0 Å². The molecule has 0 bridgehead atoms. The predicted octanol–water partition coefficient (Wildman–Crippen LogP) is -2.18. The molecule has 0 aromatic heterocycles. The van der Waals surface area contributed by atoms with E-state index in [1.54, 1.807) is 0 Å². The Morgan fingerprint density at radius 1 is 1.71 bits per heavy atom. The van der Waals surface area contributed by atoms with Crippen molar-refractivity contribution >= 4 is 11.8 Å². The van der Waals surface area contributed by atoms with Gasteiger partial charge in [0.2, 0.25) is 11.8 Å². The monoisotopic (exact) mass is 199 g/mol. The zero-order valence-corrected chi connectivity index (χ0v) is 7.78. The number of rotatable bonds is 2. The fraction of sp³-hybridized carbons (Fsp3) is 0.500. The molecule has 2 atom stereocenters. The average Bonchev–Trinajstić information content (AvgIpc) is 2.07. The number of aliphatic hydroxyl groups is 1. The second-order valence-corrected chi connectivity index (χ2v) is 3.11. The van der Waals surface area contributed by atoms with Gasteiger partial charge in [0.25, 0.3) is 0 Å². The second kappa shape index (κ2) is 4.21. The second-order valence-electron chi connectivity index (χ2n) is 3.11. The predicted molar refractivity (Wildman–Crippen MR) is 48.9 cm³/mol. The van der Waals surface area contributed by atoms with Crippen LogP contribution >= 0.6 is 0 Å². The molecule has 0 fully saturated rings. The van der Waals surface area contributed by atoms with Crippen LogP contribution in [0.4, 0.5) is 0 Å². The van der Waals surface area contributed by atoms with Gasteiger partial charge < -0.3 is 16.2 Å². The van der Waals surface area contributed by atoms with E-state index in [4.69, 9.17) is 5.73 Å². The Labute approximate surface area is 81.2 Å². The van der Waals surface area contributed by atoms with Gasteiger partial charge in [-0.25, -0.2) is 0 Å². The van der Waals surface area contributed by atoms with Crippen LogP contribution in [0.25, 0.3) is 0 Å². The first-order valence-electron chi connectivity index (χ1n) is 4.19. The summed E-state index contributed by atoms with van der Waals surface area (Å²) in [7, 11) is 0. The van der Waals surface area contributed by atoms with Crippen molar-refractivity contribution in [3.05, 3.63) is 11.6 Å². The van der Waals surface area contributed by atoms with Crippen LogP contribution in [-0.4, -0.2) is 35.7 Å². The Bertz CT molecular complexity index is 288. The van der Waals surface area contributed by atoms with Gasteiger partial charge in [-0.2, -0.15) is 0 Å². The van der Waals surface area contributed by atoms with E-state index in [1.807, 2.05) is 0 Å². The highest BCUT2D eigenvalue weighted by Gasteiger charge is 2.24. The molecule has 14 heavy (non-hydrogen) atoms. The van der Waals surface area contributed by atoms with E-state index in [9.17, 15) is 14.7 Å². The fourth-order valence-corrected chi connectivity index (χ4v) is 1.23. The van der Waals surface area contributed by atoms with E-state index in [1.165, 1.54) is 13.0 Å². The van der Waals surface area contributed by atoms with Crippen molar-refractivity contribution in [1.82, 2.24) is 10.6 Å². The van der Waals surface area contributed by atoms with Gasteiger partial charge in [-0.1, -0.05) is 0 Å². The number of nitrogens with two attached hydrogens (primary N) is 1. The molecular formula is C8H13N3O3. The van der Waals surface area contributed by atoms with Gasteiger partial charge >= 0.3 is 0 Å². The van der Waals surface area contributed by atoms with Gasteiger partial charge in [0, 0.05) is 19.0 Å². The van der Waals surface area contributed by atoms with E-state index in [-0.39, 0.29) is 12.5 Å². The molecule has 0 aromatic carbocycles. The van der Waals surface area contributed by atoms with Crippen LogP contribution in [0.2, 0.25) is 0 Å². The summed E-state index contributed by atoms with van der Waals surface area (Å²) >= 11 is 0. The van der Waals surface area contributed by atoms with Crippen molar-refractivity contribution in [2.75, 3.05) is 6.54 Å². The number of amides is 2. The molecule has 0 radical (unpaired) electrons. The van der Waals surface area contributed by atoms with Crippen LogP contribution in [0.1, 0.15) is 6.92 Å². The highest BCUT2D eigenvalue weighted by Crippen LogP contribution is 2.05. The quantitative estimate of drug-likeness (QED) is 0.406. The fourth-order valence-electron chi connectivity index (χ4n) is 1.23. The third kappa shape index (κ3) is 2.54. The Balaban J connectivity index is 2.64. The zero-order chi connectivity index (χ0) is 10.7. The summed E-state index contributed by atoms with van der Waals surface area (Å²) in [5.41, 5.74) is 5.35. The summed E-state index contributed by atoms with van der Waals surface area (Å²) in [6.07, 6.45) is -0.148. The third-order valence-electron chi connectivity index (χ3n) is 1.90. The number of primary amides is 1. The summed E-state index contributed by atoms with van der Waals surface area (Å²) < 4.78 is 0. The standard InChI is InChI=1S/C8H13N3O3/c1-4(12)11-8-6(13)2-5(3-10-8)7(9)14/h2,6,8,10,13H,3H2,1H3,(H2,9,14)(H,11,12)/t6-,8+/m0/s1. The molecule has 1 aliphatic heterocycles. The lowest BCUT2D eigenvalue weighted by Gasteiger charge is -2.27. The van der Waals surface area contributed by atoms with Crippen LogP contribution in [-0.2, 0) is 9.59 Å². The Morgan fingerprint density at radius 3 is 2.79 bits per heavy atom. The van der Waals surface area contributed by atoms with Gasteiger partial charge in [-0.3, -0.25) is 14.9 Å². The Morgan fingerprint density at radius 2 is 2.36 bits per heavy atom. The van der Waals surface area contributed by atoms with Crippen molar-refractivity contribution in [3.63, 3.8) is 0 Å². The lowest BCUT2D eigenvalue weighted by Crippen LogP contribution is -2.55. The summed E-state index contributed by atoms with van der Waals surface area (Å²) in [6, 6.07) is 0. The number of hydrogen-bond acceptors (Lipinski definition) is 4. The molecule has 5 N–H and O–H groups in total. The molecule has 0 unspecified atom stereocenters. The lowest BCUT2D eigenvalue weighted by molar-refractivity contribution is -0.120. The zero-order valence-electron chi connectivity index (χ0n) is 7.78. The van der Waals surface area contributed by atoms with Gasteiger partial charge in [-0.05, 0) is 6.08 Å². The highest BCUT2D eigenvalue weighted by molar-refractivity contribution is 5.92. The first kappa shape index (κ1) is 10.7. The van der Waals surface area contributed by atoms with Crippen molar-refractivity contribution in [2.45, 2.75) is 19.2 Å². The maximum atomic E-state index is 10.7. The number of carbonyl (C=O) groups is 2. The van der Waals surface area contributed by atoms with Crippen molar-refractivity contribution in [3.8, 4) is 0 Å². The molecule has 0 saturated carbocycles. The molecule has 78 valence electrons. The smallest absolute Gasteiger partial charge is 0.245 e. The maximum absolute atomic E-state index is 10.7. The van der Waals surface area contributed by atoms with Crippen LogP contribution in [0.3, 0.4) is 0 Å². The van der Waals surface area contributed by atoms with Crippen molar-refractivity contribution in [1.29, 1.82) is 0 Å². The van der Waals surface area contributed by atoms with Crippen LogP contribution in [0.15, 0.2) is 11.6 Å². The van der Waals surface area contributed by atoms with Gasteiger partial charge in [0.05, 0.1) is 0 Å². The SMILES string of the molecule is CC(=O)N[C@H]1NCC(C(N)=O)=C[C@@H]1O. The van der Waals surface area contributed by atoms with Gasteiger partial charge in [0.1, 0.15) is 12.3 Å². The number of carbonyl (C=O) groups excluding carboxylic acids is 2. The molecule has 6 heteroatoms. The van der Waals surface area contributed by atoms with Crippen molar-refractivity contribution < 1.29 is 14.7 Å². The minimum atomic E-state index is -0.935. The molecular weight excluding hydrogens is 186 g/mol. The van der Waals surface area contributed by atoms with Crippen LogP contribution < -0.4 is 16.4 Å². The van der Waals surface area contributed by atoms with Gasteiger partial charge in [0.15, 0.2) is 0 Å². The molecule has 2 amide bonds. The molecule has 6 nitrogen and oxygen atoms in total. The molecule has 1 heterocycles. The first-order valence-corrected chi connectivity index (χ1v) is 4.19. The summed E-state index contributed by atoms with van der Waals surface area (Å²) in [4.78, 5) is 21.4. The molecule has 0 spiro atoms. The van der Waals surface area contributed by atoms with E-state index < -0.39 is 18.2 Å². The van der Waals surface area contributed by atoms with E-state index in [0.717, 1.165) is 0 Å². The van der Waals surface area contributed by atoms with Crippen LogP contribution in [0, 0.1) is 0 Å².